The first-order chi connectivity index (χ1) is 10.0. The molecule has 1 saturated heterocycles. The van der Waals surface area contributed by atoms with Gasteiger partial charge in [-0.1, -0.05) is 0 Å². The predicted molar refractivity (Wildman–Crippen MR) is 76.6 cm³/mol. The Morgan fingerprint density at radius 3 is 3.00 bits per heavy atom. The standard InChI is InChI=1S/C15H18N2O4/c1-10-16-12-4-3-11(14(18)19)7-13(12)17(10)8-15(20-2)5-6-21-9-15/h3-4,7H,5-6,8-9H2,1-2H3,(H,18,19). The van der Waals surface area contributed by atoms with Crippen LogP contribution >= 0.6 is 0 Å². The molecule has 1 N–H and O–H groups in total. The van der Waals surface area contributed by atoms with E-state index in [1.807, 2.05) is 11.5 Å². The Labute approximate surface area is 122 Å². The van der Waals surface area contributed by atoms with Crippen LogP contribution in [-0.2, 0) is 16.0 Å². The molecule has 2 aromatic rings. The van der Waals surface area contributed by atoms with E-state index in [9.17, 15) is 4.79 Å². The highest BCUT2D eigenvalue weighted by molar-refractivity contribution is 5.92. The Hall–Kier alpha value is -1.92. The summed E-state index contributed by atoms with van der Waals surface area (Å²) in [4.78, 5) is 15.6. The van der Waals surface area contributed by atoms with E-state index in [4.69, 9.17) is 14.6 Å². The minimum Gasteiger partial charge on any atom is -0.478 e. The van der Waals surface area contributed by atoms with Crippen LogP contribution in [0.5, 0.6) is 0 Å². The Morgan fingerprint density at radius 2 is 2.38 bits per heavy atom. The number of aromatic carboxylic acids is 1. The lowest BCUT2D eigenvalue weighted by Gasteiger charge is -2.27. The first kappa shape index (κ1) is 14.0. The lowest BCUT2D eigenvalue weighted by molar-refractivity contribution is -0.0291. The zero-order valence-electron chi connectivity index (χ0n) is 12.1. The molecule has 3 rings (SSSR count). The number of benzene rings is 1. The average Bonchev–Trinajstić information content (AvgIpc) is 3.05. The molecule has 0 saturated carbocycles. The number of aromatic nitrogens is 2. The van der Waals surface area contributed by atoms with Crippen molar-refractivity contribution in [3.05, 3.63) is 29.6 Å². The summed E-state index contributed by atoms with van der Waals surface area (Å²) in [7, 11) is 1.69. The fourth-order valence-corrected chi connectivity index (χ4v) is 2.80. The number of carboxylic acids is 1. The molecule has 1 fully saturated rings. The van der Waals surface area contributed by atoms with Crippen molar-refractivity contribution >= 4 is 17.0 Å². The predicted octanol–water partition coefficient (Wildman–Crippen LogP) is 1.85. The van der Waals surface area contributed by atoms with Crippen LogP contribution in [0, 0.1) is 6.92 Å². The van der Waals surface area contributed by atoms with Gasteiger partial charge in [0.15, 0.2) is 0 Å². The average molecular weight is 290 g/mol. The highest BCUT2D eigenvalue weighted by atomic mass is 16.5. The largest absolute Gasteiger partial charge is 0.478 e. The quantitative estimate of drug-likeness (QED) is 0.930. The van der Waals surface area contributed by atoms with Crippen LogP contribution in [0.4, 0.5) is 0 Å². The normalized spacial score (nSPS) is 22.0. The summed E-state index contributed by atoms with van der Waals surface area (Å²) in [6, 6.07) is 4.98. The fourth-order valence-electron chi connectivity index (χ4n) is 2.80. The van der Waals surface area contributed by atoms with Crippen LogP contribution in [0.1, 0.15) is 22.6 Å². The molecule has 0 aliphatic carbocycles. The van der Waals surface area contributed by atoms with Crippen molar-refractivity contribution in [1.82, 2.24) is 9.55 Å². The molecular formula is C15H18N2O4. The number of imidazole rings is 1. The van der Waals surface area contributed by atoms with Gasteiger partial charge in [0.05, 0.1) is 29.7 Å². The summed E-state index contributed by atoms with van der Waals surface area (Å²) < 4.78 is 13.1. The van der Waals surface area contributed by atoms with Gasteiger partial charge in [-0.15, -0.1) is 0 Å². The van der Waals surface area contributed by atoms with Crippen LogP contribution in [0.25, 0.3) is 11.0 Å². The van der Waals surface area contributed by atoms with Gasteiger partial charge in [-0.3, -0.25) is 0 Å². The summed E-state index contributed by atoms with van der Waals surface area (Å²) in [5.74, 6) is -0.0937. The molecule has 0 radical (unpaired) electrons. The van der Waals surface area contributed by atoms with Gasteiger partial charge in [0, 0.05) is 20.1 Å². The first-order valence-electron chi connectivity index (χ1n) is 6.88. The summed E-state index contributed by atoms with van der Waals surface area (Å²) >= 11 is 0. The second-order valence-corrected chi connectivity index (χ2v) is 5.44. The number of hydrogen-bond acceptors (Lipinski definition) is 4. The minimum atomic E-state index is -0.937. The highest BCUT2D eigenvalue weighted by Gasteiger charge is 2.36. The molecule has 6 heteroatoms. The molecule has 112 valence electrons. The number of hydrogen-bond donors (Lipinski definition) is 1. The minimum absolute atomic E-state index is 0.262. The molecule has 2 heterocycles. The Bertz CT molecular complexity index is 686. The van der Waals surface area contributed by atoms with Gasteiger partial charge in [0.25, 0.3) is 0 Å². The molecule has 1 aliphatic heterocycles. The summed E-state index contributed by atoms with van der Waals surface area (Å²) in [6.45, 7) is 3.75. The van der Waals surface area contributed by atoms with E-state index in [2.05, 4.69) is 4.98 Å². The van der Waals surface area contributed by atoms with Gasteiger partial charge >= 0.3 is 5.97 Å². The molecule has 6 nitrogen and oxygen atoms in total. The monoisotopic (exact) mass is 290 g/mol. The molecule has 1 aromatic heterocycles. The molecule has 1 aromatic carbocycles. The Morgan fingerprint density at radius 1 is 1.57 bits per heavy atom. The van der Waals surface area contributed by atoms with E-state index in [1.165, 1.54) is 0 Å². The molecule has 1 unspecified atom stereocenters. The number of methoxy groups -OCH3 is 1. The van der Waals surface area contributed by atoms with Crippen molar-refractivity contribution in [1.29, 1.82) is 0 Å². The van der Waals surface area contributed by atoms with Gasteiger partial charge in [0.2, 0.25) is 0 Å². The van der Waals surface area contributed by atoms with Crippen molar-refractivity contribution in [2.24, 2.45) is 0 Å². The molecule has 0 spiro atoms. The lowest BCUT2D eigenvalue weighted by Crippen LogP contribution is -2.37. The van der Waals surface area contributed by atoms with Crippen LogP contribution in [0.15, 0.2) is 18.2 Å². The van der Waals surface area contributed by atoms with Crippen molar-refractivity contribution in [3.8, 4) is 0 Å². The van der Waals surface area contributed by atoms with Crippen LogP contribution in [-0.4, -0.2) is 46.6 Å². The van der Waals surface area contributed by atoms with Gasteiger partial charge in [0.1, 0.15) is 11.4 Å². The van der Waals surface area contributed by atoms with Crippen LogP contribution in [0.3, 0.4) is 0 Å². The summed E-state index contributed by atoms with van der Waals surface area (Å²) in [6.07, 6.45) is 0.821. The topological polar surface area (TPSA) is 73.6 Å². The van der Waals surface area contributed by atoms with E-state index >= 15 is 0 Å². The van der Waals surface area contributed by atoms with E-state index in [0.29, 0.717) is 19.8 Å². The zero-order chi connectivity index (χ0) is 15.0. The Kier molecular flexibility index (Phi) is 3.43. The van der Waals surface area contributed by atoms with Gasteiger partial charge < -0.3 is 19.1 Å². The highest BCUT2D eigenvalue weighted by Crippen LogP contribution is 2.28. The number of fused-ring (bicyclic) bond motifs is 1. The van der Waals surface area contributed by atoms with Gasteiger partial charge in [-0.05, 0) is 25.1 Å². The smallest absolute Gasteiger partial charge is 0.335 e. The van der Waals surface area contributed by atoms with Crippen LogP contribution < -0.4 is 0 Å². The van der Waals surface area contributed by atoms with E-state index in [0.717, 1.165) is 23.3 Å². The summed E-state index contributed by atoms with van der Waals surface area (Å²) in [5, 5.41) is 9.15. The maximum absolute atomic E-state index is 11.2. The fraction of sp³-hybridized carbons (Fsp3) is 0.467. The zero-order valence-corrected chi connectivity index (χ0v) is 12.1. The third-order valence-corrected chi connectivity index (χ3v) is 4.13. The van der Waals surface area contributed by atoms with Gasteiger partial charge in [-0.25, -0.2) is 9.78 Å². The van der Waals surface area contributed by atoms with E-state index in [-0.39, 0.29) is 11.2 Å². The number of aryl methyl sites for hydroxylation is 1. The Balaban J connectivity index is 2.06. The number of nitrogens with zero attached hydrogens (tertiary/aromatic N) is 2. The third-order valence-electron chi connectivity index (χ3n) is 4.13. The number of carbonyl (C=O) groups is 1. The molecule has 21 heavy (non-hydrogen) atoms. The maximum atomic E-state index is 11.2. The van der Waals surface area contributed by atoms with Crippen molar-refractivity contribution < 1.29 is 19.4 Å². The second kappa shape index (κ2) is 5.13. The van der Waals surface area contributed by atoms with E-state index in [1.54, 1.807) is 25.3 Å². The summed E-state index contributed by atoms with van der Waals surface area (Å²) in [5.41, 5.74) is 1.51. The van der Waals surface area contributed by atoms with Crippen molar-refractivity contribution in [2.45, 2.75) is 25.5 Å². The molecular weight excluding hydrogens is 272 g/mol. The lowest BCUT2D eigenvalue weighted by atomic mass is 10.0. The van der Waals surface area contributed by atoms with Crippen molar-refractivity contribution in [2.75, 3.05) is 20.3 Å². The van der Waals surface area contributed by atoms with Crippen molar-refractivity contribution in [3.63, 3.8) is 0 Å². The molecule has 0 bridgehead atoms. The van der Waals surface area contributed by atoms with Crippen LogP contribution in [0.2, 0.25) is 0 Å². The van der Waals surface area contributed by atoms with Gasteiger partial charge in [-0.2, -0.15) is 0 Å². The molecule has 1 aliphatic rings. The second-order valence-electron chi connectivity index (χ2n) is 5.44. The maximum Gasteiger partial charge on any atom is 0.335 e. The molecule has 0 amide bonds. The first-order valence-corrected chi connectivity index (χ1v) is 6.88. The molecule has 1 atom stereocenters. The third kappa shape index (κ3) is 2.41. The van der Waals surface area contributed by atoms with E-state index < -0.39 is 5.97 Å². The SMILES string of the molecule is COC1(Cn2c(C)nc3ccc(C(=O)O)cc32)CCOC1. The number of carboxylic acid groups (broad SMARTS) is 1. The number of ether oxygens (including phenoxy) is 2. The number of rotatable bonds is 4.